The average Bonchev–Trinajstić information content (AvgIpc) is 3.77. The number of rotatable bonds is 4. The highest BCUT2D eigenvalue weighted by Crippen LogP contribution is 2.48. The van der Waals surface area contributed by atoms with Crippen molar-refractivity contribution >= 4 is 55.9 Å². The van der Waals surface area contributed by atoms with Gasteiger partial charge in [-0.1, -0.05) is 69.3 Å². The van der Waals surface area contributed by atoms with E-state index in [-0.39, 0.29) is 12.1 Å². The van der Waals surface area contributed by atoms with Crippen LogP contribution in [0.2, 0.25) is 0 Å². The molecule has 9 aromatic rings. The van der Waals surface area contributed by atoms with Crippen molar-refractivity contribution in [2.24, 2.45) is 6.98 Å². The lowest BCUT2D eigenvalue weighted by atomic mass is 9.34. The number of ether oxygens (including phenoxy) is 4. The van der Waals surface area contributed by atoms with Gasteiger partial charge in [-0.15, -0.1) is 0 Å². The van der Waals surface area contributed by atoms with Gasteiger partial charge >= 0.3 is 0 Å². The summed E-state index contributed by atoms with van der Waals surface area (Å²) in [7, 11) is 0. The molecule has 3 aromatic heterocycles. The molecule has 0 saturated heterocycles. The third-order valence-electron chi connectivity index (χ3n) is 11.3. The number of benzene rings is 6. The number of imidazole rings is 1. The van der Waals surface area contributed by atoms with Gasteiger partial charge in [0.15, 0.2) is 0 Å². The van der Waals surface area contributed by atoms with Crippen LogP contribution >= 0.6 is 0 Å². The van der Waals surface area contributed by atoms with Crippen molar-refractivity contribution in [3.05, 3.63) is 139 Å². The Hall–Kier alpha value is -7.00. The highest BCUT2D eigenvalue weighted by atomic mass is 16.5. The molecule has 0 aliphatic carbocycles. The molecule has 6 heterocycles. The van der Waals surface area contributed by atoms with E-state index in [1.54, 1.807) is 10.6 Å². The fourth-order valence-electron chi connectivity index (χ4n) is 8.71. The van der Waals surface area contributed by atoms with Crippen molar-refractivity contribution in [3.8, 4) is 57.5 Å². The maximum Gasteiger partial charge on any atom is 0.270 e. The highest BCUT2D eigenvalue weighted by Gasteiger charge is 2.47. The Morgan fingerprint density at radius 2 is 1.43 bits per heavy atom. The number of hydrogen-bond acceptors (Lipinski definition) is 5. The van der Waals surface area contributed by atoms with Crippen molar-refractivity contribution in [1.29, 1.82) is 0 Å². The topological polar surface area (TPSA) is 63.6 Å². The molecule has 0 saturated carbocycles. The first-order valence-electron chi connectivity index (χ1n) is 20.1. The van der Waals surface area contributed by atoms with Gasteiger partial charge in [-0.3, -0.25) is 4.57 Å². The van der Waals surface area contributed by atoms with Gasteiger partial charge in [0.05, 0.1) is 44.2 Å². The summed E-state index contributed by atoms with van der Waals surface area (Å²) < 4.78 is 56.2. The molecule has 3 aliphatic heterocycles. The smallest absolute Gasteiger partial charge is 0.270 e. The van der Waals surface area contributed by atoms with Gasteiger partial charge in [0, 0.05) is 40.1 Å². The van der Waals surface area contributed by atoms with Crippen LogP contribution in [0.5, 0.6) is 46.0 Å². The van der Waals surface area contributed by atoms with E-state index in [1.165, 1.54) is 4.57 Å². The van der Waals surface area contributed by atoms with Crippen molar-refractivity contribution in [2.45, 2.75) is 26.2 Å². The van der Waals surface area contributed by atoms with Gasteiger partial charge in [0.2, 0.25) is 6.33 Å². The minimum absolute atomic E-state index is 0.121. The maximum absolute atomic E-state index is 8.11. The Morgan fingerprint density at radius 1 is 0.696 bits per heavy atom. The largest absolute Gasteiger partial charge is 0.458 e. The monoisotopic (exact) mass is 731 g/mol. The highest BCUT2D eigenvalue weighted by molar-refractivity contribution is 6.99. The molecule has 0 radical (unpaired) electrons. The van der Waals surface area contributed by atoms with E-state index in [9.17, 15) is 0 Å². The van der Waals surface area contributed by atoms with Gasteiger partial charge in [-0.05, 0) is 71.6 Å². The fraction of sp³-hybridized carbons (Fsp3) is 0.106. The molecule has 0 N–H and O–H groups in total. The van der Waals surface area contributed by atoms with E-state index >= 15 is 0 Å². The summed E-state index contributed by atoms with van der Waals surface area (Å²) in [5.41, 5.74) is 7.75. The lowest BCUT2D eigenvalue weighted by Gasteiger charge is -2.37. The molecule has 3 aliphatic rings. The minimum atomic E-state index is -2.40. The van der Waals surface area contributed by atoms with Gasteiger partial charge in [0.1, 0.15) is 51.8 Å². The first kappa shape index (κ1) is 28.4. The predicted octanol–water partition coefficient (Wildman–Crippen LogP) is 8.67. The molecule has 268 valence electrons. The zero-order valence-corrected chi connectivity index (χ0v) is 30.6. The van der Waals surface area contributed by atoms with Crippen molar-refractivity contribution in [1.82, 2.24) is 14.1 Å². The summed E-state index contributed by atoms with van der Waals surface area (Å²) in [6.45, 7) is 4.07. The Labute approximate surface area is 327 Å². The summed E-state index contributed by atoms with van der Waals surface area (Å²) in [5, 5.41) is 1.91. The summed E-state index contributed by atoms with van der Waals surface area (Å²) in [5.74, 6) is 6.50. The molecule has 6 aromatic carbocycles. The third kappa shape index (κ3) is 4.36. The number of fused-ring (bicyclic) bond motifs is 5. The molecule has 12 rings (SSSR count). The first-order valence-corrected chi connectivity index (χ1v) is 18.6. The van der Waals surface area contributed by atoms with Crippen LogP contribution in [0.3, 0.4) is 0 Å². The maximum atomic E-state index is 8.11. The van der Waals surface area contributed by atoms with E-state index in [1.807, 2.05) is 97.2 Å². The third-order valence-corrected chi connectivity index (χ3v) is 11.3. The quantitative estimate of drug-likeness (QED) is 0.103. The molecule has 9 heteroatoms. The Kier molecular flexibility index (Phi) is 5.61. The SMILES string of the molecule is [2H]C([2H])([2H])[n+]1[c-]n(-c2cccc(Oc3ccc4c5c6c7c(cc5n(-c5cc(C(C)(C)C)ccn5)c4c3)Oc3cccc4c3B7c3c(cccc3O6)O4)c2)c2ccccc21. The Bertz CT molecular complexity index is 3280. The fourth-order valence-corrected chi connectivity index (χ4v) is 8.71. The van der Waals surface area contributed by atoms with Crippen molar-refractivity contribution in [3.63, 3.8) is 0 Å². The van der Waals surface area contributed by atoms with Crippen LogP contribution in [0.25, 0.3) is 44.3 Å². The minimum Gasteiger partial charge on any atom is -0.458 e. The average molecular weight is 732 g/mol. The van der Waals surface area contributed by atoms with Gasteiger partial charge in [0.25, 0.3) is 6.71 Å². The van der Waals surface area contributed by atoms with E-state index in [4.69, 9.17) is 28.0 Å². The molecular formula is C47H33BN4O4. The van der Waals surface area contributed by atoms with Crippen LogP contribution in [0.15, 0.2) is 128 Å². The Balaban J connectivity index is 1.06. The van der Waals surface area contributed by atoms with Crippen LogP contribution in [0.1, 0.15) is 30.4 Å². The van der Waals surface area contributed by atoms with Crippen LogP contribution in [0.4, 0.5) is 0 Å². The second-order valence-electron chi connectivity index (χ2n) is 15.6. The normalized spacial score (nSPS) is 14.4. The molecule has 0 bridgehead atoms. The summed E-state index contributed by atoms with van der Waals surface area (Å²) in [4.78, 5) is 4.96. The summed E-state index contributed by atoms with van der Waals surface area (Å²) in [6.07, 6.45) is 4.92. The van der Waals surface area contributed by atoms with Crippen LogP contribution in [-0.4, -0.2) is 20.8 Å². The van der Waals surface area contributed by atoms with Crippen LogP contribution in [0, 0.1) is 6.33 Å². The van der Waals surface area contributed by atoms with E-state index in [2.05, 4.69) is 55.9 Å². The molecule has 0 spiro atoms. The Morgan fingerprint density at radius 3 is 2.21 bits per heavy atom. The lowest BCUT2D eigenvalue weighted by Crippen LogP contribution is -2.59. The van der Waals surface area contributed by atoms with E-state index < -0.39 is 6.98 Å². The second-order valence-corrected chi connectivity index (χ2v) is 15.6. The van der Waals surface area contributed by atoms with Crippen LogP contribution in [-0.2, 0) is 12.4 Å². The molecular weight excluding hydrogens is 695 g/mol. The number of para-hydroxylation sites is 2. The van der Waals surface area contributed by atoms with E-state index in [0.29, 0.717) is 28.2 Å². The second kappa shape index (κ2) is 11.0. The zero-order chi connectivity index (χ0) is 39.9. The van der Waals surface area contributed by atoms with Crippen molar-refractivity contribution in [2.75, 3.05) is 0 Å². The molecule has 0 fully saturated rings. The lowest BCUT2D eigenvalue weighted by molar-refractivity contribution is -0.649. The first-order chi connectivity index (χ1) is 28.5. The number of aromatic nitrogens is 4. The number of hydrogen-bond donors (Lipinski definition) is 0. The standard InChI is InChI=1S/C47H33BN4O4/c1-47(2,3)27-20-21-49-41(22-27)52-34-24-30(53-29-11-7-10-28(23-29)51-26-50(4)32-12-5-6-13-33(32)51)18-19-31(34)42-35(52)25-40-45-46(42)56-39-17-9-15-37-44(39)48(45)43-36(54-37)14-8-16-38(43)55-40/h5-25H,1-4H3/i4D3. The van der Waals surface area contributed by atoms with Gasteiger partial charge in [-0.25, -0.2) is 4.98 Å². The predicted molar refractivity (Wildman–Crippen MR) is 218 cm³/mol. The van der Waals surface area contributed by atoms with Crippen LogP contribution < -0.4 is 39.9 Å². The molecule has 0 amide bonds. The summed E-state index contributed by atoms with van der Waals surface area (Å²) >= 11 is 0. The number of nitrogens with zero attached hydrogens (tertiary/aromatic N) is 4. The number of pyridine rings is 1. The molecule has 56 heavy (non-hydrogen) atoms. The zero-order valence-electron chi connectivity index (χ0n) is 33.6. The van der Waals surface area contributed by atoms with Gasteiger partial charge in [-0.2, -0.15) is 0 Å². The van der Waals surface area contributed by atoms with Gasteiger partial charge < -0.3 is 28.1 Å². The number of aryl methyl sites for hydroxylation is 1. The molecule has 0 atom stereocenters. The molecule has 0 unspecified atom stereocenters. The van der Waals surface area contributed by atoms with Crippen molar-refractivity contribution < 1.29 is 27.6 Å². The summed E-state index contributed by atoms with van der Waals surface area (Å²) in [6, 6.07) is 39.3. The molecule has 8 nitrogen and oxygen atoms in total. The van der Waals surface area contributed by atoms with E-state index in [0.717, 1.165) is 84.1 Å².